The highest BCUT2D eigenvalue weighted by Gasteiger charge is 2.45. The van der Waals surface area contributed by atoms with Gasteiger partial charge in [0.05, 0.1) is 32.3 Å². The largest absolute Gasteiger partial charge is 0.463 e. The van der Waals surface area contributed by atoms with Gasteiger partial charge in [-0.3, -0.25) is 28.8 Å². The molecule has 0 N–H and O–H groups in total. The van der Waals surface area contributed by atoms with Crippen LogP contribution in [0.1, 0.15) is 347 Å². The van der Waals surface area contributed by atoms with Gasteiger partial charge in [0, 0.05) is 61.0 Å². The van der Waals surface area contributed by atoms with E-state index < -0.39 is 231 Å². The lowest BCUT2D eigenvalue weighted by Gasteiger charge is -2.30. The number of hydrogen-bond donors (Lipinski definition) is 0. The quantitative estimate of drug-likeness (QED) is 0.0290. The number of hydrogen-bond acceptors (Lipinski definition) is 40. The lowest BCUT2D eigenvalue weighted by Crippen LogP contribution is -2.50. The van der Waals surface area contributed by atoms with Crippen LogP contribution in [0.2, 0.25) is 0 Å². The van der Waals surface area contributed by atoms with Crippen molar-refractivity contribution in [2.45, 2.75) is 414 Å². The molecule has 0 radical (unpaired) electrons. The number of nitrogens with zero attached hydrogens (tertiary/aromatic N) is 6. The number of rotatable bonds is 29. The summed E-state index contributed by atoms with van der Waals surface area (Å²) in [6.07, 6.45) is -12.3. The average Bonchev–Trinajstić information content (AvgIpc) is 0.811. The van der Waals surface area contributed by atoms with Gasteiger partial charge in [-0.15, -0.1) is 29.4 Å². The highest BCUT2D eigenvalue weighted by molar-refractivity contribution is 6.11. The van der Waals surface area contributed by atoms with E-state index in [0.717, 1.165) is 12.2 Å². The van der Waals surface area contributed by atoms with E-state index in [2.05, 4.69) is 32.9 Å². The summed E-state index contributed by atoms with van der Waals surface area (Å²) in [5.41, 5.74) is -11.0. The second-order valence-corrected chi connectivity index (χ2v) is 44.4. The molecule has 1 unspecified atom stereocenters. The van der Waals surface area contributed by atoms with Crippen molar-refractivity contribution in [1.29, 1.82) is 0 Å². The Morgan fingerprint density at radius 3 is 0.554 bits per heavy atom. The maximum absolute atomic E-state index is 13.7. The fourth-order valence-corrected chi connectivity index (χ4v) is 9.20. The van der Waals surface area contributed by atoms with Crippen molar-refractivity contribution in [3.05, 3.63) is 61.8 Å². The van der Waals surface area contributed by atoms with E-state index in [1.54, 1.807) is 166 Å². The van der Waals surface area contributed by atoms with Crippen molar-refractivity contribution in [3.63, 3.8) is 0 Å². The molecule has 0 aromatic carbocycles. The molecule has 0 aliphatic carbocycles. The second-order valence-electron chi connectivity index (χ2n) is 44.4. The SMILES string of the molecule is C=C(C)C(=O)OCC(CCC(=O)N(C(=O)OC(C)(C)C)C(=O)OC(C)(C)C)C(=O)N(C(=O)OC(C)(C)C)C(=O)OC(C)(C)C.C=C(C)C(=O)OCCCC(=O)N(C(=O)OC(C)(C)C)C(=O)OC(C)(C)C.C=C(C)C(=O)OCCCCC(=O)N(C(=O)OC(C)(C)C)C(=O)OC(C)(C)C.C=CC(=O)OCCCC(=O)N(C(=O)OC(C)(C)C)C(=O)OC(C)(C)C.C=CC(=O)OCCCCC(=O)N(C(=O)OC(C)(C)C)C(=O)OC(C)(C)C. The van der Waals surface area contributed by atoms with Gasteiger partial charge in [0.2, 0.25) is 35.4 Å². The van der Waals surface area contributed by atoms with Gasteiger partial charge >= 0.3 is 103 Å². The first kappa shape index (κ1) is 143. The Hall–Kier alpha value is -13.5. The first-order valence-corrected chi connectivity index (χ1v) is 47.2. The Bertz CT molecular complexity index is 4490. The zero-order valence-electron chi connectivity index (χ0n) is 94.3. The van der Waals surface area contributed by atoms with Crippen molar-refractivity contribution in [2.75, 3.05) is 33.0 Å². The molecule has 0 fully saturated rings. The normalized spacial score (nSPS) is 11.7. The van der Waals surface area contributed by atoms with Crippen molar-refractivity contribution in [3.8, 4) is 0 Å². The van der Waals surface area contributed by atoms with Gasteiger partial charge in [0.15, 0.2) is 0 Å². The molecule has 0 bridgehead atoms. The second kappa shape index (κ2) is 62.6. The van der Waals surface area contributed by atoms with Crippen LogP contribution in [0.25, 0.3) is 0 Å². The number of carbonyl (C=O) groups is 23. The molecule has 0 heterocycles. The third-order valence-electron chi connectivity index (χ3n) is 14.8. The summed E-state index contributed by atoms with van der Waals surface area (Å²) in [6, 6.07) is 0. The highest BCUT2D eigenvalue weighted by atomic mass is 16.7. The van der Waals surface area contributed by atoms with Crippen LogP contribution in [0.5, 0.6) is 0 Å². The lowest BCUT2D eigenvalue weighted by molar-refractivity contribution is -0.145. The maximum Gasteiger partial charge on any atom is 0.426 e. The predicted molar refractivity (Wildman–Crippen MR) is 534 cm³/mol. The fraction of sp³-hybridized carbons (Fsp3) is 0.676. The van der Waals surface area contributed by atoms with Crippen molar-refractivity contribution in [1.82, 2.24) is 29.4 Å². The third kappa shape index (κ3) is 71.9. The molecule has 18 amide bonds. The number of esters is 5. The number of ether oxygens (including phenoxy) is 17. The summed E-state index contributed by atoms with van der Waals surface area (Å²) in [7, 11) is 0. The van der Waals surface area contributed by atoms with E-state index in [1.807, 2.05) is 0 Å². The highest BCUT2D eigenvalue weighted by Crippen LogP contribution is 2.27. The molecule has 0 aromatic heterocycles. The molecule has 46 heteroatoms. The van der Waals surface area contributed by atoms with Gasteiger partial charge in [-0.05, 0) is 315 Å². The molecule has 0 saturated heterocycles. The monoisotopic (exact) mass is 2110 g/mol. The zero-order valence-corrected chi connectivity index (χ0v) is 94.3. The van der Waals surface area contributed by atoms with E-state index in [9.17, 15) is 110 Å². The minimum atomic E-state index is -1.53. The Balaban J connectivity index is -0.000000588. The van der Waals surface area contributed by atoms with Gasteiger partial charge in [0.25, 0.3) is 0 Å². The maximum atomic E-state index is 13.7. The van der Waals surface area contributed by atoms with Gasteiger partial charge in [-0.2, -0.15) is 0 Å². The summed E-state index contributed by atoms with van der Waals surface area (Å²) in [4.78, 5) is 284. The first-order valence-electron chi connectivity index (χ1n) is 47.2. The number of amides is 18. The Kier molecular flexibility index (Phi) is 60.5. The molecule has 148 heavy (non-hydrogen) atoms. The number of carbonyl (C=O) groups excluding carboxylic acids is 23. The summed E-state index contributed by atoms with van der Waals surface area (Å²) < 4.78 is 86.2. The Morgan fingerprint density at radius 1 is 0.216 bits per heavy atom. The molecule has 0 aromatic rings. The zero-order chi connectivity index (χ0) is 118. The van der Waals surface area contributed by atoms with E-state index in [4.69, 9.17) is 80.5 Å². The molecule has 0 spiro atoms. The van der Waals surface area contributed by atoms with Crippen molar-refractivity contribution >= 4 is 138 Å². The molecule has 0 aliphatic rings. The molecule has 0 saturated carbocycles. The van der Waals surface area contributed by atoms with Crippen molar-refractivity contribution in [2.24, 2.45) is 5.92 Å². The van der Waals surface area contributed by atoms with Crippen LogP contribution in [0.15, 0.2) is 61.8 Å². The topological polar surface area (TPSA) is 569 Å². The summed E-state index contributed by atoms with van der Waals surface area (Å²) >= 11 is 0. The van der Waals surface area contributed by atoms with Crippen LogP contribution in [0, 0.1) is 5.92 Å². The number of unbranched alkanes of at least 4 members (excludes halogenated alkanes) is 2. The predicted octanol–water partition coefficient (Wildman–Crippen LogP) is 20.2. The summed E-state index contributed by atoms with van der Waals surface area (Å²) in [6.45, 7) is 77.7. The smallest absolute Gasteiger partial charge is 0.426 e. The molecule has 0 aliphatic heterocycles. The minimum absolute atomic E-state index is 0.00978. The Morgan fingerprint density at radius 2 is 0.372 bits per heavy atom. The molecule has 0 rings (SSSR count). The van der Waals surface area contributed by atoms with Crippen LogP contribution in [-0.2, 0) is 133 Å². The number of imide groups is 18. The van der Waals surface area contributed by atoms with E-state index in [-0.39, 0.29) is 91.5 Å². The minimum Gasteiger partial charge on any atom is -0.463 e. The third-order valence-corrected chi connectivity index (χ3v) is 14.8. The van der Waals surface area contributed by atoms with Gasteiger partial charge in [-0.1, -0.05) is 32.9 Å². The van der Waals surface area contributed by atoms with E-state index >= 15 is 0 Å². The lowest BCUT2D eigenvalue weighted by atomic mass is 10.0. The van der Waals surface area contributed by atoms with Crippen LogP contribution in [0.3, 0.4) is 0 Å². The van der Waals surface area contributed by atoms with E-state index in [0.29, 0.717) is 45.3 Å². The van der Waals surface area contributed by atoms with Gasteiger partial charge in [0.1, 0.15) is 73.8 Å². The van der Waals surface area contributed by atoms with E-state index in [1.165, 1.54) is 104 Å². The molecule has 842 valence electrons. The van der Waals surface area contributed by atoms with Crippen LogP contribution in [-0.4, -0.2) is 268 Å². The van der Waals surface area contributed by atoms with Crippen LogP contribution in [0.4, 0.5) is 57.5 Å². The Labute approximate surface area is 869 Å². The van der Waals surface area contributed by atoms with Gasteiger partial charge in [-0.25, -0.2) is 81.5 Å². The summed E-state index contributed by atoms with van der Waals surface area (Å²) in [5, 5.41) is 0. The van der Waals surface area contributed by atoms with Crippen molar-refractivity contribution < 1.29 is 191 Å². The first-order chi connectivity index (χ1) is 66.3. The summed E-state index contributed by atoms with van der Waals surface area (Å²) in [5.74, 6) is -10.1. The molecule has 46 nitrogen and oxygen atoms in total. The van der Waals surface area contributed by atoms with Crippen LogP contribution >= 0.6 is 0 Å². The molecular formula is C102H164N6O40. The fourth-order valence-electron chi connectivity index (χ4n) is 9.20. The molecular weight excluding hydrogens is 1950 g/mol. The standard InChI is InChI=1S/C30H48N2O12.C19H31NO7.2C18H29NO7.C17H27NO7/c1-18(2)22(35)40-17-19(21(34)32(25(38)43-29(9,10)11)26(39)44-30(12,13)14)15-16-20(33)31(23(36)41-27(3,4)5)24(37)42-28(6,7)8;1-13(2)15(22)25-12-10-9-11-14(21)20(16(23)26-18(3,4)5)17(24)27-19(6,7)8;1-12(2)14(21)24-11-9-10-13(20)19(15(22)25-17(3,4)5)16(23)26-18(6,7)8;1-8-14(21)24-12-10-9-11-13(20)19(15(22)25-17(2,3)4)16(23)26-18(5,6)7;1-8-13(20)23-11-9-10-12(19)18(14(21)24-16(2,3)4)15(22)25-17(5,6)7/h19H,1,15-17H2,2-14H3;1,9-12H2,2-8H3;1,9-11H2,2-8H3;8H,1,9-12H2,2-7H3;8H,1,9-11H2,2-7H3. The van der Waals surface area contributed by atoms with Crippen LogP contribution < -0.4 is 0 Å². The average molecular weight is 2110 g/mol. The molecule has 1 atom stereocenters. The van der Waals surface area contributed by atoms with Gasteiger partial charge < -0.3 is 80.5 Å².